The average Bonchev–Trinajstić information content (AvgIpc) is 2.52. The van der Waals surface area contributed by atoms with Crippen molar-refractivity contribution in [2.75, 3.05) is 19.7 Å². The summed E-state index contributed by atoms with van der Waals surface area (Å²) in [5.74, 6) is 0.775. The fraction of sp³-hybridized carbons (Fsp3) is 0.471. The first-order valence-electron chi connectivity index (χ1n) is 7.70. The highest BCUT2D eigenvalue weighted by molar-refractivity contribution is 5.92. The van der Waals surface area contributed by atoms with Crippen LogP contribution in [0, 0.1) is 0 Å². The summed E-state index contributed by atoms with van der Waals surface area (Å²) in [5.41, 5.74) is 0.933. The number of hydrogen-bond acceptors (Lipinski definition) is 3. The van der Waals surface area contributed by atoms with Gasteiger partial charge >= 0.3 is 0 Å². The van der Waals surface area contributed by atoms with E-state index in [9.17, 15) is 4.79 Å². The Morgan fingerprint density at radius 1 is 1.48 bits per heavy atom. The molecule has 0 bridgehead atoms. The molecular weight excluding hydrogens is 264 g/mol. The number of carbonyl (C=O) groups is 1. The SMILES string of the molecule is CCCOc1ccccc1/C=C/C(=O)NC1CCCNC1. The van der Waals surface area contributed by atoms with Crippen LogP contribution >= 0.6 is 0 Å². The Morgan fingerprint density at radius 2 is 2.33 bits per heavy atom. The number of benzene rings is 1. The van der Waals surface area contributed by atoms with Crippen molar-refractivity contribution in [2.24, 2.45) is 0 Å². The van der Waals surface area contributed by atoms with Gasteiger partial charge in [0.05, 0.1) is 6.61 Å². The number of carbonyl (C=O) groups excluding carboxylic acids is 1. The second kappa shape index (κ2) is 8.47. The lowest BCUT2D eigenvalue weighted by atomic mass is 10.1. The normalized spacial score (nSPS) is 18.6. The van der Waals surface area contributed by atoms with Crippen LogP contribution in [0.4, 0.5) is 0 Å². The van der Waals surface area contributed by atoms with E-state index in [1.807, 2.05) is 30.3 Å². The molecule has 4 nitrogen and oxygen atoms in total. The van der Waals surface area contributed by atoms with E-state index < -0.39 is 0 Å². The lowest BCUT2D eigenvalue weighted by Gasteiger charge is -2.23. The van der Waals surface area contributed by atoms with Gasteiger partial charge in [0, 0.05) is 24.2 Å². The van der Waals surface area contributed by atoms with Gasteiger partial charge in [-0.25, -0.2) is 0 Å². The van der Waals surface area contributed by atoms with E-state index in [1.54, 1.807) is 6.08 Å². The number of hydrogen-bond donors (Lipinski definition) is 2. The van der Waals surface area contributed by atoms with Gasteiger partial charge in [-0.15, -0.1) is 0 Å². The molecule has 0 aromatic heterocycles. The third-order valence-electron chi connectivity index (χ3n) is 3.44. The van der Waals surface area contributed by atoms with Crippen LogP contribution in [0.15, 0.2) is 30.3 Å². The predicted molar refractivity (Wildman–Crippen MR) is 85.3 cm³/mol. The minimum Gasteiger partial charge on any atom is -0.493 e. The Kier molecular flexibility index (Phi) is 6.28. The lowest BCUT2D eigenvalue weighted by molar-refractivity contribution is -0.117. The highest BCUT2D eigenvalue weighted by atomic mass is 16.5. The Labute approximate surface area is 126 Å². The van der Waals surface area contributed by atoms with E-state index in [1.165, 1.54) is 0 Å². The van der Waals surface area contributed by atoms with Crippen molar-refractivity contribution in [3.63, 3.8) is 0 Å². The molecular formula is C17H24N2O2. The number of ether oxygens (including phenoxy) is 1. The Morgan fingerprint density at radius 3 is 3.10 bits per heavy atom. The zero-order chi connectivity index (χ0) is 14.9. The van der Waals surface area contributed by atoms with Gasteiger partial charge in [0.2, 0.25) is 5.91 Å². The van der Waals surface area contributed by atoms with E-state index in [0.29, 0.717) is 6.61 Å². The van der Waals surface area contributed by atoms with Gasteiger partial charge < -0.3 is 15.4 Å². The molecule has 1 aromatic carbocycles. The molecule has 4 heteroatoms. The van der Waals surface area contributed by atoms with Crippen molar-refractivity contribution in [2.45, 2.75) is 32.2 Å². The molecule has 114 valence electrons. The van der Waals surface area contributed by atoms with Gasteiger partial charge in [-0.05, 0) is 37.9 Å². The Balaban J connectivity index is 1.91. The van der Waals surface area contributed by atoms with Gasteiger partial charge in [0.1, 0.15) is 5.75 Å². The molecule has 0 spiro atoms. The van der Waals surface area contributed by atoms with Crippen molar-refractivity contribution in [1.29, 1.82) is 0 Å². The molecule has 0 radical (unpaired) electrons. The molecule has 1 fully saturated rings. The summed E-state index contributed by atoms with van der Waals surface area (Å²) >= 11 is 0. The summed E-state index contributed by atoms with van der Waals surface area (Å²) in [4.78, 5) is 11.9. The Hall–Kier alpha value is -1.81. The maximum Gasteiger partial charge on any atom is 0.244 e. The standard InChI is InChI=1S/C17H24N2O2/c1-2-12-21-16-8-4-3-6-14(16)9-10-17(20)19-15-7-5-11-18-13-15/h3-4,6,8-10,15,18H,2,5,7,11-13H2,1H3,(H,19,20)/b10-9+. The first-order valence-corrected chi connectivity index (χ1v) is 7.70. The maximum absolute atomic E-state index is 11.9. The topological polar surface area (TPSA) is 50.4 Å². The van der Waals surface area contributed by atoms with Crippen LogP contribution in [0.5, 0.6) is 5.75 Å². The number of piperidine rings is 1. The van der Waals surface area contributed by atoms with E-state index in [4.69, 9.17) is 4.74 Å². The molecule has 1 aliphatic rings. The molecule has 1 amide bonds. The molecule has 1 heterocycles. The summed E-state index contributed by atoms with van der Waals surface area (Å²) in [6.45, 7) is 4.66. The summed E-state index contributed by atoms with van der Waals surface area (Å²) < 4.78 is 5.68. The quantitative estimate of drug-likeness (QED) is 0.790. The molecule has 0 saturated carbocycles. The van der Waals surface area contributed by atoms with Crippen molar-refractivity contribution in [3.05, 3.63) is 35.9 Å². The highest BCUT2D eigenvalue weighted by Crippen LogP contribution is 2.19. The first-order chi connectivity index (χ1) is 10.3. The number of amides is 1. The predicted octanol–water partition coefficient (Wildman–Crippen LogP) is 2.36. The highest BCUT2D eigenvalue weighted by Gasteiger charge is 2.13. The molecule has 1 atom stereocenters. The maximum atomic E-state index is 11.9. The van der Waals surface area contributed by atoms with Crippen LogP contribution < -0.4 is 15.4 Å². The molecule has 1 saturated heterocycles. The monoisotopic (exact) mass is 288 g/mol. The third kappa shape index (κ3) is 5.23. The molecule has 1 aromatic rings. The molecule has 1 aliphatic heterocycles. The molecule has 2 N–H and O–H groups in total. The molecule has 1 unspecified atom stereocenters. The molecule has 0 aliphatic carbocycles. The fourth-order valence-electron chi connectivity index (χ4n) is 2.35. The summed E-state index contributed by atoms with van der Waals surface area (Å²) in [5, 5.41) is 6.31. The fourth-order valence-corrected chi connectivity index (χ4v) is 2.35. The van der Waals surface area contributed by atoms with Gasteiger partial charge in [0.15, 0.2) is 0 Å². The minimum atomic E-state index is -0.0472. The van der Waals surface area contributed by atoms with E-state index in [-0.39, 0.29) is 11.9 Å². The molecule has 21 heavy (non-hydrogen) atoms. The second-order valence-electron chi connectivity index (χ2n) is 5.27. The van der Waals surface area contributed by atoms with Crippen LogP contribution in [0.1, 0.15) is 31.7 Å². The van der Waals surface area contributed by atoms with E-state index in [0.717, 1.165) is 43.7 Å². The van der Waals surface area contributed by atoms with Crippen molar-refractivity contribution < 1.29 is 9.53 Å². The number of nitrogens with one attached hydrogen (secondary N) is 2. The minimum absolute atomic E-state index is 0.0472. The Bertz CT molecular complexity index is 479. The van der Waals surface area contributed by atoms with E-state index in [2.05, 4.69) is 17.6 Å². The van der Waals surface area contributed by atoms with Crippen LogP contribution in [-0.4, -0.2) is 31.6 Å². The summed E-state index contributed by atoms with van der Waals surface area (Å²) in [6.07, 6.45) is 6.53. The van der Waals surface area contributed by atoms with Crippen LogP contribution in [0.3, 0.4) is 0 Å². The van der Waals surface area contributed by atoms with Crippen LogP contribution in [-0.2, 0) is 4.79 Å². The third-order valence-corrected chi connectivity index (χ3v) is 3.44. The smallest absolute Gasteiger partial charge is 0.244 e. The largest absolute Gasteiger partial charge is 0.493 e. The first kappa shape index (κ1) is 15.6. The number of rotatable bonds is 6. The average molecular weight is 288 g/mol. The van der Waals surface area contributed by atoms with Crippen molar-refractivity contribution in [1.82, 2.24) is 10.6 Å². The van der Waals surface area contributed by atoms with Gasteiger partial charge in [-0.1, -0.05) is 25.1 Å². The zero-order valence-electron chi connectivity index (χ0n) is 12.6. The zero-order valence-corrected chi connectivity index (χ0v) is 12.6. The summed E-state index contributed by atoms with van der Waals surface area (Å²) in [7, 11) is 0. The van der Waals surface area contributed by atoms with Crippen LogP contribution in [0.25, 0.3) is 6.08 Å². The van der Waals surface area contributed by atoms with E-state index >= 15 is 0 Å². The van der Waals surface area contributed by atoms with Gasteiger partial charge in [-0.2, -0.15) is 0 Å². The van der Waals surface area contributed by atoms with Gasteiger partial charge in [-0.3, -0.25) is 4.79 Å². The van der Waals surface area contributed by atoms with Gasteiger partial charge in [0.25, 0.3) is 0 Å². The second-order valence-corrected chi connectivity index (χ2v) is 5.27. The molecule has 2 rings (SSSR count). The lowest BCUT2D eigenvalue weighted by Crippen LogP contribution is -2.45. The summed E-state index contributed by atoms with van der Waals surface area (Å²) in [6, 6.07) is 8.01. The van der Waals surface area contributed by atoms with Crippen LogP contribution in [0.2, 0.25) is 0 Å². The van der Waals surface area contributed by atoms with Crippen molar-refractivity contribution in [3.8, 4) is 5.75 Å². The van der Waals surface area contributed by atoms with Crippen molar-refractivity contribution >= 4 is 12.0 Å². The number of para-hydroxylation sites is 1.